The van der Waals surface area contributed by atoms with E-state index in [-0.39, 0.29) is 11.4 Å². The van der Waals surface area contributed by atoms with Crippen molar-refractivity contribution < 1.29 is 9.90 Å². The number of anilines is 1. The fourth-order valence-corrected chi connectivity index (χ4v) is 3.51. The topological polar surface area (TPSA) is 65.5 Å². The molecule has 1 aliphatic rings. The number of thiazole rings is 1. The van der Waals surface area contributed by atoms with Crippen molar-refractivity contribution >= 4 is 33.3 Å². The Bertz CT molecular complexity index is 705. The smallest absolute Gasteiger partial charge is 0.321 e. The van der Waals surface area contributed by atoms with E-state index in [0.717, 1.165) is 20.9 Å². The Kier molecular flexibility index (Phi) is 3.82. The van der Waals surface area contributed by atoms with E-state index in [1.165, 1.54) is 0 Å². The molecular weight excluding hydrogens is 298 g/mol. The van der Waals surface area contributed by atoms with Gasteiger partial charge in [0.15, 0.2) is 0 Å². The van der Waals surface area contributed by atoms with E-state index >= 15 is 0 Å². The SMILES string of the molecule is CC(C)(C)c1nc2ccc(NC(=O)N3CC[C@H](O)C3)cc2s1. The molecule has 22 heavy (non-hydrogen) atoms. The van der Waals surface area contributed by atoms with Gasteiger partial charge in [0.1, 0.15) is 0 Å². The lowest BCUT2D eigenvalue weighted by atomic mass is 9.98. The summed E-state index contributed by atoms with van der Waals surface area (Å²) >= 11 is 1.66. The van der Waals surface area contributed by atoms with Crippen molar-refractivity contribution in [3.63, 3.8) is 0 Å². The van der Waals surface area contributed by atoms with Crippen LogP contribution in [0.15, 0.2) is 18.2 Å². The molecule has 6 heteroatoms. The standard InChI is InChI=1S/C16H21N3O2S/c1-16(2,3)14-18-12-5-4-10(8-13(12)22-14)17-15(21)19-7-6-11(20)9-19/h4-5,8,11,20H,6-7,9H2,1-3H3,(H,17,21)/t11-/m0/s1. The molecule has 0 bridgehead atoms. The van der Waals surface area contributed by atoms with Crippen LogP contribution in [0.1, 0.15) is 32.2 Å². The average molecular weight is 319 g/mol. The molecule has 0 radical (unpaired) electrons. The summed E-state index contributed by atoms with van der Waals surface area (Å²) in [6, 6.07) is 5.62. The summed E-state index contributed by atoms with van der Waals surface area (Å²) in [6.45, 7) is 7.44. The average Bonchev–Trinajstić information content (AvgIpc) is 3.03. The zero-order chi connectivity index (χ0) is 15.9. The Morgan fingerprint density at radius 3 is 2.86 bits per heavy atom. The predicted molar refractivity (Wildman–Crippen MR) is 89.5 cm³/mol. The van der Waals surface area contributed by atoms with Crippen molar-refractivity contribution in [3.05, 3.63) is 23.2 Å². The highest BCUT2D eigenvalue weighted by molar-refractivity contribution is 7.18. The second kappa shape index (κ2) is 5.52. The molecular formula is C16H21N3O2S. The summed E-state index contributed by atoms with van der Waals surface area (Å²) < 4.78 is 1.07. The third-order valence-corrected chi connectivity index (χ3v) is 5.18. The minimum Gasteiger partial charge on any atom is -0.391 e. The molecule has 0 unspecified atom stereocenters. The molecule has 2 aromatic rings. The van der Waals surface area contributed by atoms with Crippen LogP contribution in [0.4, 0.5) is 10.5 Å². The van der Waals surface area contributed by atoms with Crippen LogP contribution in [0.5, 0.6) is 0 Å². The number of benzene rings is 1. The fraction of sp³-hybridized carbons (Fsp3) is 0.500. The highest BCUT2D eigenvalue weighted by atomic mass is 32.1. The third kappa shape index (κ3) is 3.08. The minimum absolute atomic E-state index is 0.0266. The summed E-state index contributed by atoms with van der Waals surface area (Å²) in [5.41, 5.74) is 1.76. The molecule has 3 rings (SSSR count). The van der Waals surface area contributed by atoms with Gasteiger partial charge in [0.05, 0.1) is 21.3 Å². The minimum atomic E-state index is -0.399. The summed E-state index contributed by atoms with van der Waals surface area (Å²) in [7, 11) is 0. The van der Waals surface area contributed by atoms with Crippen molar-refractivity contribution in [2.75, 3.05) is 18.4 Å². The van der Waals surface area contributed by atoms with E-state index in [4.69, 9.17) is 0 Å². The number of nitrogens with one attached hydrogen (secondary N) is 1. The van der Waals surface area contributed by atoms with Crippen LogP contribution < -0.4 is 5.32 Å². The summed E-state index contributed by atoms with van der Waals surface area (Å²) in [6.07, 6.45) is 0.250. The molecule has 0 aliphatic carbocycles. The number of aliphatic hydroxyl groups is 1. The number of hydrogen-bond acceptors (Lipinski definition) is 4. The molecule has 1 aromatic carbocycles. The van der Waals surface area contributed by atoms with Gasteiger partial charge in [0, 0.05) is 24.2 Å². The van der Waals surface area contributed by atoms with Gasteiger partial charge in [-0.3, -0.25) is 0 Å². The monoisotopic (exact) mass is 319 g/mol. The largest absolute Gasteiger partial charge is 0.391 e. The van der Waals surface area contributed by atoms with Gasteiger partial charge in [0.2, 0.25) is 0 Å². The predicted octanol–water partition coefficient (Wildman–Crippen LogP) is 3.19. The maximum atomic E-state index is 12.2. The molecule has 1 saturated heterocycles. The number of amides is 2. The van der Waals surface area contributed by atoms with Gasteiger partial charge >= 0.3 is 6.03 Å². The Labute approximate surface area is 134 Å². The zero-order valence-corrected chi connectivity index (χ0v) is 13.9. The maximum Gasteiger partial charge on any atom is 0.321 e. The number of carbonyl (C=O) groups is 1. The van der Waals surface area contributed by atoms with Gasteiger partial charge < -0.3 is 15.3 Å². The summed E-state index contributed by atoms with van der Waals surface area (Å²) in [4.78, 5) is 18.4. The first-order valence-electron chi connectivity index (χ1n) is 7.48. The number of carbonyl (C=O) groups excluding carboxylic acids is 1. The number of β-amino-alcohol motifs (C(OH)–C–C–N with tert-alkyl or cyclic N) is 1. The quantitative estimate of drug-likeness (QED) is 0.848. The number of nitrogens with zero attached hydrogens (tertiary/aromatic N) is 2. The van der Waals surface area contributed by atoms with Crippen LogP contribution in [0.25, 0.3) is 10.2 Å². The second-order valence-electron chi connectivity index (χ2n) is 6.77. The van der Waals surface area contributed by atoms with Crippen LogP contribution in [0, 0.1) is 0 Å². The third-order valence-electron chi connectivity index (χ3n) is 3.73. The number of urea groups is 1. The van der Waals surface area contributed by atoms with Gasteiger partial charge in [-0.2, -0.15) is 0 Å². The summed E-state index contributed by atoms with van der Waals surface area (Å²) in [5, 5.41) is 13.5. The van der Waals surface area contributed by atoms with E-state index in [1.54, 1.807) is 16.2 Å². The molecule has 1 aromatic heterocycles. The lowest BCUT2D eigenvalue weighted by molar-refractivity contribution is 0.176. The number of fused-ring (bicyclic) bond motifs is 1. The van der Waals surface area contributed by atoms with Gasteiger partial charge in [-0.25, -0.2) is 9.78 Å². The number of aliphatic hydroxyl groups excluding tert-OH is 1. The van der Waals surface area contributed by atoms with Gasteiger partial charge in [-0.1, -0.05) is 20.8 Å². The Hall–Kier alpha value is -1.66. The first-order chi connectivity index (χ1) is 10.3. The fourth-order valence-electron chi connectivity index (χ4n) is 2.45. The second-order valence-corrected chi connectivity index (χ2v) is 7.80. The van der Waals surface area contributed by atoms with E-state index in [0.29, 0.717) is 19.5 Å². The van der Waals surface area contributed by atoms with Gasteiger partial charge in [0.25, 0.3) is 0 Å². The molecule has 0 saturated carbocycles. The number of likely N-dealkylation sites (tertiary alicyclic amines) is 1. The van der Waals surface area contributed by atoms with E-state index in [9.17, 15) is 9.90 Å². The number of rotatable bonds is 1. The van der Waals surface area contributed by atoms with Crippen molar-refractivity contribution in [3.8, 4) is 0 Å². The molecule has 5 nitrogen and oxygen atoms in total. The Morgan fingerprint density at radius 2 is 2.23 bits per heavy atom. The normalized spacial score (nSPS) is 18.9. The van der Waals surface area contributed by atoms with Crippen molar-refractivity contribution in [2.45, 2.75) is 38.7 Å². The molecule has 1 fully saturated rings. The highest BCUT2D eigenvalue weighted by Crippen LogP contribution is 2.32. The molecule has 1 aliphatic heterocycles. The molecule has 0 spiro atoms. The molecule has 2 N–H and O–H groups in total. The van der Waals surface area contributed by atoms with Crippen LogP contribution in [-0.4, -0.2) is 40.2 Å². The summed E-state index contributed by atoms with van der Waals surface area (Å²) in [5.74, 6) is 0. The van der Waals surface area contributed by atoms with Crippen LogP contribution >= 0.6 is 11.3 Å². The van der Waals surface area contributed by atoms with Crippen molar-refractivity contribution in [1.29, 1.82) is 0 Å². The van der Waals surface area contributed by atoms with E-state index < -0.39 is 6.10 Å². The van der Waals surface area contributed by atoms with E-state index in [2.05, 4.69) is 31.1 Å². The maximum absolute atomic E-state index is 12.2. The molecule has 1 atom stereocenters. The molecule has 2 heterocycles. The van der Waals surface area contributed by atoms with Gasteiger partial charge in [-0.05, 0) is 24.6 Å². The lowest BCUT2D eigenvalue weighted by Gasteiger charge is -2.16. The first-order valence-corrected chi connectivity index (χ1v) is 8.29. The first kappa shape index (κ1) is 15.2. The highest BCUT2D eigenvalue weighted by Gasteiger charge is 2.24. The van der Waals surface area contributed by atoms with Crippen molar-refractivity contribution in [1.82, 2.24) is 9.88 Å². The molecule has 118 valence electrons. The van der Waals surface area contributed by atoms with Crippen LogP contribution in [-0.2, 0) is 5.41 Å². The lowest BCUT2D eigenvalue weighted by Crippen LogP contribution is -2.33. The van der Waals surface area contributed by atoms with Gasteiger partial charge in [-0.15, -0.1) is 11.3 Å². The molecule has 2 amide bonds. The van der Waals surface area contributed by atoms with Crippen molar-refractivity contribution in [2.24, 2.45) is 0 Å². The number of aromatic nitrogens is 1. The van der Waals surface area contributed by atoms with Crippen LogP contribution in [0.3, 0.4) is 0 Å². The van der Waals surface area contributed by atoms with E-state index in [1.807, 2.05) is 18.2 Å². The Morgan fingerprint density at radius 1 is 1.45 bits per heavy atom. The van der Waals surface area contributed by atoms with Crippen LogP contribution in [0.2, 0.25) is 0 Å². The number of hydrogen-bond donors (Lipinski definition) is 2. The zero-order valence-electron chi connectivity index (χ0n) is 13.1. The Balaban J connectivity index is 1.78.